The fourth-order valence-corrected chi connectivity index (χ4v) is 1.65. The van der Waals surface area contributed by atoms with E-state index >= 15 is 0 Å². The molecule has 2 aromatic rings. The molecule has 1 amide bonds. The number of ketones is 1. The van der Waals surface area contributed by atoms with E-state index in [4.69, 9.17) is 4.74 Å². The minimum Gasteiger partial charge on any atom is -0.484 e. The molecule has 0 aliphatic rings. The molecular weight excluding hydrogens is 254 g/mol. The Morgan fingerprint density at radius 3 is 2.25 bits per heavy atom. The van der Waals surface area contributed by atoms with Gasteiger partial charge in [-0.3, -0.25) is 9.59 Å². The number of amides is 1. The van der Waals surface area contributed by atoms with Gasteiger partial charge in [0, 0.05) is 11.3 Å². The molecular formula is C16H15NO3. The van der Waals surface area contributed by atoms with Gasteiger partial charge in [0.05, 0.1) is 0 Å². The Morgan fingerprint density at radius 2 is 1.65 bits per heavy atom. The summed E-state index contributed by atoms with van der Waals surface area (Å²) in [6.07, 6.45) is 0. The van der Waals surface area contributed by atoms with Gasteiger partial charge >= 0.3 is 0 Å². The zero-order chi connectivity index (χ0) is 14.4. The molecule has 1 N–H and O–H groups in total. The van der Waals surface area contributed by atoms with Crippen LogP contribution in [0.5, 0.6) is 5.75 Å². The first kappa shape index (κ1) is 13.8. The lowest BCUT2D eigenvalue weighted by Crippen LogP contribution is -2.20. The minimum atomic E-state index is -0.246. The van der Waals surface area contributed by atoms with Gasteiger partial charge in [-0.05, 0) is 43.3 Å². The molecule has 20 heavy (non-hydrogen) atoms. The molecule has 0 fully saturated rings. The molecule has 4 nitrogen and oxygen atoms in total. The Kier molecular flexibility index (Phi) is 4.50. The molecule has 0 aliphatic carbocycles. The number of Topliss-reactive ketones (excluding diaryl/α,β-unsaturated/α-hetero) is 1. The second kappa shape index (κ2) is 6.52. The van der Waals surface area contributed by atoms with E-state index in [-0.39, 0.29) is 18.3 Å². The van der Waals surface area contributed by atoms with Crippen molar-refractivity contribution in [3.63, 3.8) is 0 Å². The summed E-state index contributed by atoms with van der Waals surface area (Å²) >= 11 is 0. The van der Waals surface area contributed by atoms with E-state index in [1.165, 1.54) is 6.92 Å². The second-order valence-corrected chi connectivity index (χ2v) is 4.28. The van der Waals surface area contributed by atoms with E-state index < -0.39 is 0 Å². The molecule has 0 heterocycles. The van der Waals surface area contributed by atoms with Crippen molar-refractivity contribution in [3.8, 4) is 5.75 Å². The van der Waals surface area contributed by atoms with Crippen LogP contribution in [0.3, 0.4) is 0 Å². The molecule has 0 saturated carbocycles. The highest BCUT2D eigenvalue weighted by molar-refractivity contribution is 5.95. The molecule has 2 aromatic carbocycles. The first-order valence-electron chi connectivity index (χ1n) is 6.24. The summed E-state index contributed by atoms with van der Waals surface area (Å²) in [4.78, 5) is 22.8. The lowest BCUT2D eigenvalue weighted by Gasteiger charge is -2.07. The maximum atomic E-state index is 11.7. The standard InChI is InChI=1S/C16H15NO3/c1-12(18)13-7-9-14(10-8-13)17-16(19)11-20-15-5-3-2-4-6-15/h2-10H,11H2,1H3,(H,17,19). The predicted octanol–water partition coefficient (Wildman–Crippen LogP) is 2.91. The third kappa shape index (κ3) is 3.95. The Balaban J connectivity index is 1.86. The zero-order valence-electron chi connectivity index (χ0n) is 11.1. The Bertz CT molecular complexity index is 591. The molecule has 0 atom stereocenters. The van der Waals surface area contributed by atoms with Crippen LogP contribution in [-0.2, 0) is 4.79 Å². The van der Waals surface area contributed by atoms with Crippen molar-refractivity contribution >= 4 is 17.4 Å². The summed E-state index contributed by atoms with van der Waals surface area (Å²) in [6, 6.07) is 15.9. The lowest BCUT2D eigenvalue weighted by atomic mass is 10.1. The van der Waals surface area contributed by atoms with Gasteiger partial charge in [0.25, 0.3) is 5.91 Å². The summed E-state index contributed by atoms with van der Waals surface area (Å²) in [5, 5.41) is 2.70. The highest BCUT2D eigenvalue weighted by Crippen LogP contribution is 2.11. The van der Waals surface area contributed by atoms with E-state index in [2.05, 4.69) is 5.32 Å². The van der Waals surface area contributed by atoms with Crippen LogP contribution in [0.2, 0.25) is 0 Å². The molecule has 0 spiro atoms. The van der Waals surface area contributed by atoms with Gasteiger partial charge in [-0.25, -0.2) is 0 Å². The number of carbonyl (C=O) groups is 2. The van der Waals surface area contributed by atoms with Crippen molar-refractivity contribution in [2.45, 2.75) is 6.92 Å². The Hall–Kier alpha value is -2.62. The van der Waals surface area contributed by atoms with Crippen LogP contribution in [0.4, 0.5) is 5.69 Å². The third-order valence-corrected chi connectivity index (χ3v) is 2.69. The monoisotopic (exact) mass is 269 g/mol. The van der Waals surface area contributed by atoms with Gasteiger partial charge in [0.15, 0.2) is 12.4 Å². The van der Waals surface area contributed by atoms with Crippen LogP contribution in [0.15, 0.2) is 54.6 Å². The van der Waals surface area contributed by atoms with Gasteiger partial charge in [0.2, 0.25) is 0 Å². The smallest absolute Gasteiger partial charge is 0.262 e. The maximum Gasteiger partial charge on any atom is 0.262 e. The van der Waals surface area contributed by atoms with Gasteiger partial charge < -0.3 is 10.1 Å². The summed E-state index contributed by atoms with van der Waals surface area (Å²) in [5.74, 6) is 0.397. The molecule has 4 heteroatoms. The van der Waals surface area contributed by atoms with Crippen molar-refractivity contribution in [1.82, 2.24) is 0 Å². The quantitative estimate of drug-likeness (QED) is 0.849. The molecule has 0 bridgehead atoms. The number of hydrogen-bond acceptors (Lipinski definition) is 3. The Morgan fingerprint density at radius 1 is 1.00 bits per heavy atom. The number of hydrogen-bond donors (Lipinski definition) is 1. The predicted molar refractivity (Wildman–Crippen MR) is 77.0 cm³/mol. The molecule has 2 rings (SSSR count). The molecule has 0 aliphatic heterocycles. The van der Waals surface area contributed by atoms with Crippen LogP contribution in [0.1, 0.15) is 17.3 Å². The average Bonchev–Trinajstić information content (AvgIpc) is 2.47. The number of nitrogens with one attached hydrogen (secondary N) is 1. The minimum absolute atomic E-state index is 0.00436. The van der Waals surface area contributed by atoms with Gasteiger partial charge in [-0.15, -0.1) is 0 Å². The molecule has 0 aromatic heterocycles. The van der Waals surface area contributed by atoms with E-state index in [1.54, 1.807) is 36.4 Å². The van der Waals surface area contributed by atoms with E-state index in [9.17, 15) is 9.59 Å². The summed E-state index contributed by atoms with van der Waals surface area (Å²) in [7, 11) is 0. The van der Waals surface area contributed by atoms with Crippen molar-refractivity contribution < 1.29 is 14.3 Å². The van der Waals surface area contributed by atoms with E-state index in [0.717, 1.165) is 0 Å². The highest BCUT2D eigenvalue weighted by Gasteiger charge is 2.04. The summed E-state index contributed by atoms with van der Waals surface area (Å²) in [5.41, 5.74) is 1.25. The third-order valence-electron chi connectivity index (χ3n) is 2.69. The van der Waals surface area contributed by atoms with E-state index in [0.29, 0.717) is 17.0 Å². The largest absolute Gasteiger partial charge is 0.484 e. The van der Waals surface area contributed by atoms with Gasteiger partial charge in [-0.2, -0.15) is 0 Å². The SMILES string of the molecule is CC(=O)c1ccc(NC(=O)COc2ccccc2)cc1. The molecule has 0 radical (unpaired) electrons. The number of para-hydroxylation sites is 1. The first-order valence-corrected chi connectivity index (χ1v) is 6.24. The topological polar surface area (TPSA) is 55.4 Å². The molecule has 0 unspecified atom stereocenters. The summed E-state index contributed by atoms with van der Waals surface area (Å²) < 4.78 is 5.34. The fraction of sp³-hybridized carbons (Fsp3) is 0.125. The normalized spacial score (nSPS) is 9.85. The van der Waals surface area contributed by atoms with Crippen molar-refractivity contribution in [2.75, 3.05) is 11.9 Å². The lowest BCUT2D eigenvalue weighted by molar-refractivity contribution is -0.118. The van der Waals surface area contributed by atoms with Crippen LogP contribution in [-0.4, -0.2) is 18.3 Å². The number of rotatable bonds is 5. The highest BCUT2D eigenvalue weighted by atomic mass is 16.5. The van der Waals surface area contributed by atoms with Crippen molar-refractivity contribution in [1.29, 1.82) is 0 Å². The van der Waals surface area contributed by atoms with E-state index in [1.807, 2.05) is 18.2 Å². The maximum absolute atomic E-state index is 11.7. The fourth-order valence-electron chi connectivity index (χ4n) is 1.65. The van der Waals surface area contributed by atoms with Crippen molar-refractivity contribution in [2.24, 2.45) is 0 Å². The van der Waals surface area contributed by atoms with Gasteiger partial charge in [-0.1, -0.05) is 18.2 Å². The van der Waals surface area contributed by atoms with Crippen LogP contribution in [0, 0.1) is 0 Å². The van der Waals surface area contributed by atoms with Crippen LogP contribution in [0.25, 0.3) is 0 Å². The summed E-state index contributed by atoms with van der Waals surface area (Å²) in [6.45, 7) is 1.44. The molecule has 0 saturated heterocycles. The molecule has 102 valence electrons. The van der Waals surface area contributed by atoms with Gasteiger partial charge in [0.1, 0.15) is 5.75 Å². The second-order valence-electron chi connectivity index (χ2n) is 4.28. The number of ether oxygens (including phenoxy) is 1. The first-order chi connectivity index (χ1) is 9.65. The number of carbonyl (C=O) groups excluding carboxylic acids is 2. The Labute approximate surface area is 117 Å². The van der Waals surface area contributed by atoms with Crippen LogP contribution >= 0.6 is 0 Å². The zero-order valence-corrected chi connectivity index (χ0v) is 11.1. The average molecular weight is 269 g/mol. The van der Waals surface area contributed by atoms with Crippen molar-refractivity contribution in [3.05, 3.63) is 60.2 Å². The number of anilines is 1. The number of benzene rings is 2. The van der Waals surface area contributed by atoms with Crippen LogP contribution < -0.4 is 10.1 Å².